The molecule has 3 rings (SSSR count). The molecule has 0 aliphatic rings. The number of H-pyrrole nitrogens is 1. The molecule has 3 aromatic rings. The van der Waals surface area contributed by atoms with E-state index in [9.17, 15) is 4.79 Å². The maximum absolute atomic E-state index is 11.3. The molecule has 0 aliphatic carbocycles. The molecule has 5 heteroatoms. The van der Waals surface area contributed by atoms with E-state index < -0.39 is 0 Å². The van der Waals surface area contributed by atoms with Crippen LogP contribution in [0, 0.1) is 13.8 Å². The van der Waals surface area contributed by atoms with E-state index in [0.29, 0.717) is 5.56 Å². The van der Waals surface area contributed by atoms with Gasteiger partial charge in [0.1, 0.15) is 5.82 Å². The average Bonchev–Trinajstić information content (AvgIpc) is 2.95. The number of nitrogens with zero attached hydrogens (tertiary/aromatic N) is 3. The Labute approximate surface area is 128 Å². The number of rotatable bonds is 3. The Morgan fingerprint density at radius 1 is 1.14 bits per heavy atom. The van der Waals surface area contributed by atoms with Crippen LogP contribution < -0.4 is 5.56 Å². The maximum Gasteiger partial charge on any atom is 0.267 e. The highest BCUT2D eigenvalue weighted by molar-refractivity contribution is 5.68. The van der Waals surface area contributed by atoms with Gasteiger partial charge in [-0.1, -0.05) is 18.2 Å². The van der Waals surface area contributed by atoms with Gasteiger partial charge in [-0.2, -0.15) is 5.10 Å². The molecule has 0 atom stereocenters. The average molecular weight is 292 g/mol. The summed E-state index contributed by atoms with van der Waals surface area (Å²) < 4.78 is 2.03. The van der Waals surface area contributed by atoms with E-state index in [1.165, 1.54) is 0 Å². The van der Waals surface area contributed by atoms with Gasteiger partial charge in [0.15, 0.2) is 0 Å². The van der Waals surface area contributed by atoms with Crippen molar-refractivity contribution in [2.75, 3.05) is 0 Å². The highest BCUT2D eigenvalue weighted by atomic mass is 16.1. The molecule has 0 bridgehead atoms. The van der Waals surface area contributed by atoms with Gasteiger partial charge in [-0.3, -0.25) is 4.79 Å². The van der Waals surface area contributed by atoms with Crippen molar-refractivity contribution in [2.45, 2.75) is 13.8 Å². The van der Waals surface area contributed by atoms with Crippen LogP contribution in [0.25, 0.3) is 17.8 Å². The summed E-state index contributed by atoms with van der Waals surface area (Å²) in [4.78, 5) is 15.5. The summed E-state index contributed by atoms with van der Waals surface area (Å²) in [7, 11) is 0. The van der Waals surface area contributed by atoms with Crippen LogP contribution in [0.3, 0.4) is 0 Å². The smallest absolute Gasteiger partial charge is 0.267 e. The van der Waals surface area contributed by atoms with Crippen molar-refractivity contribution >= 4 is 12.2 Å². The van der Waals surface area contributed by atoms with E-state index >= 15 is 0 Å². The van der Waals surface area contributed by atoms with Crippen LogP contribution in [0.5, 0.6) is 0 Å². The molecule has 2 aromatic heterocycles. The van der Waals surface area contributed by atoms with Gasteiger partial charge in [-0.05, 0) is 43.7 Å². The number of nitrogens with one attached hydrogen (secondary N) is 1. The third-order valence-electron chi connectivity index (χ3n) is 3.45. The number of aromatic nitrogens is 4. The standard InChI is InChI=1S/C17H16N4O/c1-12-11-15(19-20-17(12)22)6-3-14-4-7-16(8-5-14)21-10-9-18-13(21)2/h3-11H,1-2H3,(H,20,22)/b6-3+. The summed E-state index contributed by atoms with van der Waals surface area (Å²) in [6.45, 7) is 3.73. The van der Waals surface area contributed by atoms with Crippen molar-refractivity contribution in [3.63, 3.8) is 0 Å². The first-order chi connectivity index (χ1) is 10.6. The first kappa shape index (κ1) is 14.0. The van der Waals surface area contributed by atoms with Crippen LogP contribution in [0.15, 0.2) is 47.5 Å². The fourth-order valence-electron chi connectivity index (χ4n) is 2.19. The summed E-state index contributed by atoms with van der Waals surface area (Å²) in [5.41, 5.74) is 3.36. The molecule has 0 saturated carbocycles. The first-order valence-corrected chi connectivity index (χ1v) is 6.98. The second-order valence-corrected chi connectivity index (χ2v) is 5.07. The third-order valence-corrected chi connectivity index (χ3v) is 3.45. The predicted octanol–water partition coefficient (Wildman–Crippen LogP) is 2.74. The Hall–Kier alpha value is -2.95. The van der Waals surface area contributed by atoms with Crippen LogP contribution in [-0.4, -0.2) is 19.7 Å². The summed E-state index contributed by atoms with van der Waals surface area (Å²) in [6.07, 6.45) is 7.56. The third kappa shape index (κ3) is 2.88. The van der Waals surface area contributed by atoms with Crippen LogP contribution in [0.2, 0.25) is 0 Å². The molecular formula is C17H16N4O. The Balaban J connectivity index is 1.81. The Morgan fingerprint density at radius 3 is 2.55 bits per heavy atom. The molecule has 0 amide bonds. The van der Waals surface area contributed by atoms with E-state index in [-0.39, 0.29) is 5.56 Å². The lowest BCUT2D eigenvalue weighted by atomic mass is 10.1. The summed E-state index contributed by atoms with van der Waals surface area (Å²) >= 11 is 0. The van der Waals surface area contributed by atoms with E-state index in [0.717, 1.165) is 22.8 Å². The molecule has 0 aliphatic heterocycles. The van der Waals surface area contributed by atoms with Crippen molar-refractivity contribution in [2.24, 2.45) is 0 Å². The van der Waals surface area contributed by atoms with E-state index in [1.807, 2.05) is 54.1 Å². The highest BCUT2D eigenvalue weighted by Crippen LogP contribution is 2.13. The fourth-order valence-corrected chi connectivity index (χ4v) is 2.19. The van der Waals surface area contributed by atoms with Gasteiger partial charge in [0.2, 0.25) is 0 Å². The maximum atomic E-state index is 11.3. The fraction of sp³-hybridized carbons (Fsp3) is 0.118. The highest BCUT2D eigenvalue weighted by Gasteiger charge is 1.99. The number of hydrogen-bond donors (Lipinski definition) is 1. The van der Waals surface area contributed by atoms with Crippen LogP contribution >= 0.6 is 0 Å². The molecule has 5 nitrogen and oxygen atoms in total. The monoisotopic (exact) mass is 292 g/mol. The van der Waals surface area contributed by atoms with Gasteiger partial charge in [0, 0.05) is 23.6 Å². The van der Waals surface area contributed by atoms with Crippen LogP contribution in [0.1, 0.15) is 22.6 Å². The lowest BCUT2D eigenvalue weighted by Crippen LogP contribution is -2.11. The zero-order chi connectivity index (χ0) is 15.5. The van der Waals surface area contributed by atoms with Gasteiger partial charge < -0.3 is 4.57 Å². The second kappa shape index (κ2) is 5.81. The van der Waals surface area contributed by atoms with Gasteiger partial charge in [-0.15, -0.1) is 0 Å². The molecule has 1 N–H and O–H groups in total. The largest absolute Gasteiger partial charge is 0.304 e. The van der Waals surface area contributed by atoms with E-state index in [2.05, 4.69) is 15.2 Å². The molecule has 110 valence electrons. The molecule has 0 saturated heterocycles. The molecule has 0 fully saturated rings. The van der Waals surface area contributed by atoms with Crippen LogP contribution in [0.4, 0.5) is 0 Å². The lowest BCUT2D eigenvalue weighted by Gasteiger charge is -2.05. The minimum Gasteiger partial charge on any atom is -0.304 e. The minimum atomic E-state index is -0.155. The van der Waals surface area contributed by atoms with Gasteiger partial charge in [0.25, 0.3) is 5.56 Å². The van der Waals surface area contributed by atoms with Crippen LogP contribution in [-0.2, 0) is 0 Å². The molecule has 1 aromatic carbocycles. The number of imidazole rings is 1. The quantitative estimate of drug-likeness (QED) is 0.807. The van der Waals surface area contributed by atoms with Gasteiger partial charge in [0.05, 0.1) is 5.69 Å². The molecule has 0 spiro atoms. The Morgan fingerprint density at radius 2 is 1.91 bits per heavy atom. The number of benzene rings is 1. The topological polar surface area (TPSA) is 63.6 Å². The number of hydrogen-bond acceptors (Lipinski definition) is 3. The van der Waals surface area contributed by atoms with E-state index in [1.54, 1.807) is 19.2 Å². The van der Waals surface area contributed by atoms with E-state index in [4.69, 9.17) is 0 Å². The number of aromatic amines is 1. The molecule has 2 heterocycles. The first-order valence-electron chi connectivity index (χ1n) is 6.98. The lowest BCUT2D eigenvalue weighted by molar-refractivity contribution is 0.958. The van der Waals surface area contributed by atoms with Gasteiger partial charge >= 0.3 is 0 Å². The summed E-state index contributed by atoms with van der Waals surface area (Å²) in [5, 5.41) is 6.46. The Kier molecular flexibility index (Phi) is 3.70. The minimum absolute atomic E-state index is 0.155. The second-order valence-electron chi connectivity index (χ2n) is 5.07. The SMILES string of the molecule is Cc1cc(/C=C/c2ccc(-n3ccnc3C)cc2)n[nH]c1=O. The normalized spacial score (nSPS) is 11.2. The predicted molar refractivity (Wildman–Crippen MR) is 86.8 cm³/mol. The zero-order valence-corrected chi connectivity index (χ0v) is 12.4. The van der Waals surface area contributed by atoms with Crippen molar-refractivity contribution in [1.82, 2.24) is 19.7 Å². The molecule has 0 unspecified atom stereocenters. The number of aryl methyl sites for hydroxylation is 2. The van der Waals surface area contributed by atoms with Crippen molar-refractivity contribution < 1.29 is 0 Å². The Bertz CT molecular complexity index is 872. The molecule has 22 heavy (non-hydrogen) atoms. The molecule has 0 radical (unpaired) electrons. The molecular weight excluding hydrogens is 276 g/mol. The summed E-state index contributed by atoms with van der Waals surface area (Å²) in [6, 6.07) is 9.91. The summed E-state index contributed by atoms with van der Waals surface area (Å²) in [5.74, 6) is 0.955. The van der Waals surface area contributed by atoms with Crippen molar-refractivity contribution in [1.29, 1.82) is 0 Å². The van der Waals surface area contributed by atoms with Crippen molar-refractivity contribution in [3.8, 4) is 5.69 Å². The van der Waals surface area contributed by atoms with Crippen molar-refractivity contribution in [3.05, 3.63) is 75.7 Å². The zero-order valence-electron chi connectivity index (χ0n) is 12.4. The van der Waals surface area contributed by atoms with Gasteiger partial charge in [-0.25, -0.2) is 10.1 Å².